The molecule has 7 rings (SSSR count). The highest BCUT2D eigenvalue weighted by Gasteiger charge is 2.55. The van der Waals surface area contributed by atoms with Crippen molar-refractivity contribution in [1.82, 2.24) is 41.8 Å². The van der Waals surface area contributed by atoms with Crippen LogP contribution in [0.5, 0.6) is 0 Å². The predicted octanol–water partition coefficient (Wildman–Crippen LogP) is 2.73. The van der Waals surface area contributed by atoms with E-state index in [-0.39, 0.29) is 62.5 Å². The Morgan fingerprint density at radius 1 is 0.829 bits per heavy atom. The van der Waals surface area contributed by atoms with Crippen molar-refractivity contribution in [3.63, 3.8) is 0 Å². The van der Waals surface area contributed by atoms with Gasteiger partial charge in [0.05, 0.1) is 12.1 Å². The summed E-state index contributed by atoms with van der Waals surface area (Å²) in [5.41, 5.74) is 14.2. The number of rotatable bonds is 14. The van der Waals surface area contributed by atoms with Gasteiger partial charge in [-0.2, -0.15) is 0 Å². The van der Waals surface area contributed by atoms with Gasteiger partial charge in [0.2, 0.25) is 35.4 Å². The van der Waals surface area contributed by atoms with Gasteiger partial charge in [0.25, 0.3) is 0 Å². The highest BCUT2D eigenvalue weighted by atomic mass is 16.2. The number of Topliss-reactive ketones (excluding diaryl/α,β-unsaturated/α-hetero) is 1. The fourth-order valence-electron chi connectivity index (χ4n) is 11.7. The third-order valence-electron chi connectivity index (χ3n) is 15.3. The molecule has 2 saturated carbocycles. The second kappa shape index (κ2) is 24.0. The first-order valence-electron chi connectivity index (χ1n) is 25.5. The molecule has 70 heavy (non-hydrogen) atoms. The molecule has 2 aliphatic carbocycles. The Morgan fingerprint density at radius 3 is 2.30 bits per heavy atom. The smallest absolute Gasteiger partial charge is 0.243 e. The molecule has 2 unspecified atom stereocenters. The van der Waals surface area contributed by atoms with Crippen LogP contribution in [0.4, 0.5) is 0 Å². The second-order valence-corrected chi connectivity index (χ2v) is 20.0. The Bertz CT molecular complexity index is 2350. The summed E-state index contributed by atoms with van der Waals surface area (Å²) in [5.74, 6) is -4.14. The number of benzene rings is 2. The molecule has 1 aromatic heterocycles. The number of fused-ring (bicyclic) bond motifs is 2. The number of carbonyl (C=O) groups is 7. The minimum atomic E-state index is -1.26. The minimum Gasteiger partial charge on any atom is -0.370 e. The number of hydrogen-bond acceptors (Lipinski definition) is 9. The summed E-state index contributed by atoms with van der Waals surface area (Å²) in [7, 11) is 0. The first-order chi connectivity index (χ1) is 33.7. The first-order valence-corrected chi connectivity index (χ1v) is 25.5. The van der Waals surface area contributed by atoms with Crippen LogP contribution in [0.2, 0.25) is 0 Å². The lowest BCUT2D eigenvalue weighted by atomic mass is 9.66. The summed E-state index contributed by atoms with van der Waals surface area (Å²) in [6.45, 7) is 1.84. The molecule has 1 spiro atoms. The molecule has 18 nitrogen and oxygen atoms in total. The van der Waals surface area contributed by atoms with Gasteiger partial charge in [-0.05, 0) is 87.3 Å². The summed E-state index contributed by atoms with van der Waals surface area (Å²) in [4.78, 5) is 106. The Balaban J connectivity index is 1.24. The molecular formula is C52H73N11O7. The molecule has 18 heteroatoms. The molecule has 6 amide bonds. The van der Waals surface area contributed by atoms with Crippen molar-refractivity contribution in [1.29, 1.82) is 5.41 Å². The fraction of sp³-hybridized carbons (Fsp3) is 0.577. The minimum absolute atomic E-state index is 0.0151. The number of hydrogen-bond donors (Lipinski definition) is 10. The van der Waals surface area contributed by atoms with E-state index in [1.165, 1.54) is 11.8 Å². The summed E-state index contributed by atoms with van der Waals surface area (Å²) >= 11 is 0. The van der Waals surface area contributed by atoms with Gasteiger partial charge in [-0.25, -0.2) is 0 Å². The fourth-order valence-corrected chi connectivity index (χ4v) is 11.7. The molecule has 3 heterocycles. The second-order valence-electron chi connectivity index (χ2n) is 20.0. The van der Waals surface area contributed by atoms with Crippen LogP contribution in [-0.2, 0) is 46.4 Å². The topological polar surface area (TPSA) is 287 Å². The van der Waals surface area contributed by atoms with E-state index in [2.05, 4.69) is 36.9 Å². The van der Waals surface area contributed by atoms with E-state index >= 15 is 4.79 Å². The summed E-state index contributed by atoms with van der Waals surface area (Å²) in [6.07, 6.45) is 10.6. The van der Waals surface area contributed by atoms with Crippen LogP contribution in [0.15, 0.2) is 60.8 Å². The lowest BCUT2D eigenvalue weighted by Crippen LogP contribution is -2.62. The van der Waals surface area contributed by atoms with E-state index in [1.807, 2.05) is 54.6 Å². The molecule has 3 aromatic rings. The average molecular weight is 964 g/mol. The Labute approximate surface area is 410 Å². The van der Waals surface area contributed by atoms with Crippen LogP contribution in [0, 0.1) is 22.7 Å². The van der Waals surface area contributed by atoms with Crippen LogP contribution < -0.4 is 43.4 Å². The van der Waals surface area contributed by atoms with Crippen LogP contribution in [0.25, 0.3) is 10.9 Å². The summed E-state index contributed by atoms with van der Waals surface area (Å²) < 4.78 is 0. The van der Waals surface area contributed by atoms with Crippen molar-refractivity contribution in [2.24, 2.45) is 28.7 Å². The van der Waals surface area contributed by atoms with Gasteiger partial charge >= 0.3 is 0 Å². The zero-order valence-corrected chi connectivity index (χ0v) is 40.5. The van der Waals surface area contributed by atoms with Gasteiger partial charge in [-0.1, -0.05) is 87.1 Å². The highest BCUT2D eigenvalue weighted by molar-refractivity contribution is 5.97. The maximum absolute atomic E-state index is 15.0. The Kier molecular flexibility index (Phi) is 17.7. The molecule has 0 radical (unpaired) electrons. The number of aromatic amines is 1. The molecular weight excluding hydrogens is 891 g/mol. The number of aryl methyl sites for hydroxylation is 1. The standard InChI is InChI=1S/C52H73N11O7/c1-32(64)59-39(23-22-33-13-4-2-5-14-33)44(65)37-18-10-24-52(37)25-27-56-46(66)40(20-11-26-57-51(54)55)60-48(68)42(30-35-31-58-38-19-9-8-17-36(35)38)61-47(67)41(29-34-15-6-3-7-16-34)62-49(69)43-21-12-28-63(43)50(70)45(52)53/h2,4-5,8-9,13-14,17,19,31,34,37,39-43,45,58H,3,6-7,10-12,15-16,18,20-30,53H2,1H3,(H,56,66)(H,59,64)(H,60,68)(H,61,67)(H,62,69)(H4,54,55,57)/t37?,39-,40-,41+,42-,43-,45+,52?/m0/s1. The first kappa shape index (κ1) is 51.5. The van der Waals surface area contributed by atoms with Gasteiger partial charge in [0.15, 0.2) is 11.7 Å². The number of carbonyl (C=O) groups excluding carboxylic acids is 7. The van der Waals surface area contributed by atoms with Crippen molar-refractivity contribution in [3.8, 4) is 0 Å². The summed E-state index contributed by atoms with van der Waals surface area (Å²) in [6, 6.07) is 10.9. The number of nitrogens with one attached hydrogen (secondary N) is 8. The van der Waals surface area contributed by atoms with Gasteiger partial charge < -0.3 is 53.3 Å². The molecule has 4 aliphatic rings. The number of nitrogens with zero attached hydrogens (tertiary/aromatic N) is 1. The van der Waals surface area contributed by atoms with E-state index < -0.39 is 77.1 Å². The zero-order chi connectivity index (χ0) is 49.8. The van der Waals surface area contributed by atoms with Crippen LogP contribution >= 0.6 is 0 Å². The lowest BCUT2D eigenvalue weighted by Gasteiger charge is -2.42. The third kappa shape index (κ3) is 12.7. The number of nitrogens with two attached hydrogens (primary N) is 2. The number of para-hydroxylation sites is 1. The van der Waals surface area contributed by atoms with E-state index in [4.69, 9.17) is 16.9 Å². The van der Waals surface area contributed by atoms with Crippen LogP contribution in [0.3, 0.4) is 0 Å². The van der Waals surface area contributed by atoms with E-state index in [0.29, 0.717) is 57.8 Å². The molecule has 2 aliphatic heterocycles. The number of ketones is 1. The number of amides is 6. The maximum atomic E-state index is 15.0. The number of guanidine groups is 1. The van der Waals surface area contributed by atoms with Gasteiger partial charge in [0, 0.05) is 61.4 Å². The highest BCUT2D eigenvalue weighted by Crippen LogP contribution is 2.50. The van der Waals surface area contributed by atoms with E-state index in [0.717, 1.165) is 54.1 Å². The summed E-state index contributed by atoms with van der Waals surface area (Å²) in [5, 5.41) is 26.1. The van der Waals surface area contributed by atoms with E-state index in [1.54, 1.807) is 6.20 Å². The van der Waals surface area contributed by atoms with Crippen molar-refractivity contribution < 1.29 is 33.6 Å². The van der Waals surface area contributed by atoms with Gasteiger partial charge in [-0.3, -0.25) is 39.0 Å². The van der Waals surface area contributed by atoms with Crippen molar-refractivity contribution >= 4 is 58.1 Å². The van der Waals surface area contributed by atoms with Crippen molar-refractivity contribution in [3.05, 3.63) is 71.9 Å². The molecule has 2 saturated heterocycles. The molecule has 12 N–H and O–H groups in total. The van der Waals surface area contributed by atoms with Crippen molar-refractivity contribution in [2.75, 3.05) is 19.6 Å². The lowest BCUT2D eigenvalue weighted by molar-refractivity contribution is -0.145. The Hall–Kier alpha value is -6.30. The Morgan fingerprint density at radius 2 is 1.54 bits per heavy atom. The molecule has 378 valence electrons. The molecule has 0 bridgehead atoms. The third-order valence-corrected chi connectivity index (χ3v) is 15.3. The van der Waals surface area contributed by atoms with Gasteiger partial charge in [-0.15, -0.1) is 0 Å². The number of aromatic nitrogens is 1. The van der Waals surface area contributed by atoms with Crippen molar-refractivity contribution in [2.45, 2.75) is 152 Å². The SMILES string of the molecule is CC(=O)N[C@@H](CCc1ccccc1)C(=O)C1CCCC12CCNC(=O)[C@H](CCCNC(=N)N)NC(=O)[C@H](Cc1c[nH]c3ccccc13)NC(=O)[C@@H](CC1CCCCC1)NC(=O)[C@@H]1CCCN1C(=O)[C@H]2N. The molecule has 2 aromatic carbocycles. The number of H-pyrrole nitrogens is 1. The zero-order valence-electron chi connectivity index (χ0n) is 40.5. The normalized spacial score (nSPS) is 26.8. The van der Waals surface area contributed by atoms with E-state index in [9.17, 15) is 28.8 Å². The maximum Gasteiger partial charge on any atom is 0.243 e. The van der Waals surface area contributed by atoms with Gasteiger partial charge in [0.1, 0.15) is 24.2 Å². The quantitative estimate of drug-likeness (QED) is 0.0641. The monoisotopic (exact) mass is 964 g/mol. The molecule has 8 atom stereocenters. The largest absolute Gasteiger partial charge is 0.370 e. The molecule has 4 fully saturated rings. The average Bonchev–Trinajstić information content (AvgIpc) is 4.13. The van der Waals surface area contributed by atoms with Crippen LogP contribution in [-0.4, -0.2) is 113 Å². The predicted molar refractivity (Wildman–Crippen MR) is 266 cm³/mol. The van der Waals surface area contributed by atoms with Crippen LogP contribution in [0.1, 0.15) is 114 Å².